The van der Waals surface area contributed by atoms with Gasteiger partial charge in [-0.3, -0.25) is 14.4 Å². The number of ether oxygens (including phenoxy) is 2. The lowest BCUT2D eigenvalue weighted by Crippen LogP contribution is -2.47. The van der Waals surface area contributed by atoms with E-state index >= 15 is 0 Å². The van der Waals surface area contributed by atoms with E-state index in [-0.39, 0.29) is 24.1 Å². The van der Waals surface area contributed by atoms with Gasteiger partial charge in [0.2, 0.25) is 5.91 Å². The molecule has 2 atom stereocenters. The van der Waals surface area contributed by atoms with E-state index in [1.54, 1.807) is 23.1 Å². The van der Waals surface area contributed by atoms with E-state index in [1.807, 2.05) is 32.4 Å². The highest BCUT2D eigenvalue weighted by molar-refractivity contribution is 5.96. The molecule has 1 fully saturated rings. The highest BCUT2D eigenvalue weighted by Gasteiger charge is 2.37. The molecule has 0 bridgehead atoms. The number of rotatable bonds is 2. The number of amides is 2. The normalized spacial score (nSPS) is 23.8. The lowest BCUT2D eigenvalue weighted by molar-refractivity contribution is -0.117. The molecule has 0 radical (unpaired) electrons. The maximum Gasteiger partial charge on any atom is 0.410 e. The quantitative estimate of drug-likeness (QED) is 0.812. The topological polar surface area (TPSA) is 76.9 Å². The van der Waals surface area contributed by atoms with Crippen LogP contribution in [0.25, 0.3) is 0 Å². The van der Waals surface area contributed by atoms with Crippen LogP contribution in [0.2, 0.25) is 0 Å². The van der Waals surface area contributed by atoms with Gasteiger partial charge in [-0.2, -0.15) is 5.10 Å². The molecule has 3 heterocycles. The SMILES string of the molecule is COC1CC(=O)N(c2cnn3c2CN(C(=O)OC(C)(C)C)C(C)C3)C1. The fourth-order valence-corrected chi connectivity index (χ4v) is 3.24. The van der Waals surface area contributed by atoms with Crippen molar-refractivity contribution in [1.29, 1.82) is 0 Å². The van der Waals surface area contributed by atoms with Gasteiger partial charge in [0.1, 0.15) is 5.60 Å². The molecule has 2 aliphatic heterocycles. The van der Waals surface area contributed by atoms with Crippen LogP contribution in [-0.4, -0.2) is 58.1 Å². The summed E-state index contributed by atoms with van der Waals surface area (Å²) >= 11 is 0. The molecular formula is C17H26N4O4. The average Bonchev–Trinajstić information content (AvgIpc) is 3.07. The van der Waals surface area contributed by atoms with Crippen LogP contribution < -0.4 is 4.90 Å². The van der Waals surface area contributed by atoms with Crippen molar-refractivity contribution in [1.82, 2.24) is 14.7 Å². The number of methoxy groups -OCH3 is 1. The van der Waals surface area contributed by atoms with Gasteiger partial charge in [-0.05, 0) is 27.7 Å². The first kappa shape index (κ1) is 17.7. The molecule has 2 unspecified atom stereocenters. The van der Waals surface area contributed by atoms with Crippen LogP contribution in [0.1, 0.15) is 39.8 Å². The van der Waals surface area contributed by atoms with Gasteiger partial charge in [0.25, 0.3) is 0 Å². The summed E-state index contributed by atoms with van der Waals surface area (Å²) in [5.41, 5.74) is 1.06. The van der Waals surface area contributed by atoms with Crippen molar-refractivity contribution in [3.8, 4) is 0 Å². The number of hydrogen-bond acceptors (Lipinski definition) is 5. The Hall–Kier alpha value is -2.09. The zero-order valence-corrected chi connectivity index (χ0v) is 15.5. The van der Waals surface area contributed by atoms with Crippen molar-refractivity contribution >= 4 is 17.7 Å². The largest absolute Gasteiger partial charge is 0.444 e. The Balaban J connectivity index is 1.83. The molecule has 1 aromatic rings. The standard InChI is InChI=1S/C17H26N4O4/c1-11-8-21-14(10-19(11)16(23)25-17(2,3)4)13(7-18-21)20-9-12(24-5)6-15(20)22/h7,11-12H,6,8-10H2,1-5H3. The van der Waals surface area contributed by atoms with Crippen molar-refractivity contribution in [2.75, 3.05) is 18.6 Å². The molecular weight excluding hydrogens is 324 g/mol. The van der Waals surface area contributed by atoms with Crippen molar-refractivity contribution < 1.29 is 19.1 Å². The Morgan fingerprint density at radius 2 is 2.04 bits per heavy atom. The average molecular weight is 350 g/mol. The van der Waals surface area contributed by atoms with Gasteiger partial charge in [0.15, 0.2) is 0 Å². The van der Waals surface area contributed by atoms with Gasteiger partial charge < -0.3 is 14.4 Å². The molecule has 0 saturated carbocycles. The minimum absolute atomic E-state index is 0.0186. The van der Waals surface area contributed by atoms with Crippen LogP contribution in [0.3, 0.4) is 0 Å². The Morgan fingerprint density at radius 3 is 2.64 bits per heavy atom. The number of carbonyl (C=O) groups excluding carboxylic acids is 2. The number of carbonyl (C=O) groups is 2. The van der Waals surface area contributed by atoms with E-state index in [0.29, 0.717) is 26.1 Å². The van der Waals surface area contributed by atoms with Crippen molar-refractivity contribution in [3.05, 3.63) is 11.9 Å². The van der Waals surface area contributed by atoms with Gasteiger partial charge in [0, 0.05) is 7.11 Å². The van der Waals surface area contributed by atoms with Crippen LogP contribution in [0.5, 0.6) is 0 Å². The highest BCUT2D eigenvalue weighted by atomic mass is 16.6. The van der Waals surface area contributed by atoms with E-state index in [9.17, 15) is 9.59 Å². The van der Waals surface area contributed by atoms with Crippen molar-refractivity contribution in [2.45, 2.75) is 65.0 Å². The van der Waals surface area contributed by atoms with Crippen LogP contribution in [0, 0.1) is 0 Å². The number of fused-ring (bicyclic) bond motifs is 1. The minimum Gasteiger partial charge on any atom is -0.444 e. The summed E-state index contributed by atoms with van der Waals surface area (Å²) in [5, 5.41) is 4.41. The van der Waals surface area contributed by atoms with E-state index in [0.717, 1.165) is 11.4 Å². The predicted octanol–water partition coefficient (Wildman–Crippen LogP) is 1.77. The third kappa shape index (κ3) is 3.49. The smallest absolute Gasteiger partial charge is 0.410 e. The second-order valence-corrected chi connectivity index (χ2v) is 7.68. The summed E-state index contributed by atoms with van der Waals surface area (Å²) in [7, 11) is 1.61. The zero-order chi connectivity index (χ0) is 18.4. The second kappa shape index (κ2) is 6.33. The van der Waals surface area contributed by atoms with E-state index < -0.39 is 5.60 Å². The first-order valence-electron chi connectivity index (χ1n) is 8.57. The molecule has 0 spiro atoms. The Kier molecular flexibility index (Phi) is 4.49. The number of hydrogen-bond donors (Lipinski definition) is 0. The minimum atomic E-state index is -0.548. The molecule has 0 aliphatic carbocycles. The molecule has 138 valence electrons. The zero-order valence-electron chi connectivity index (χ0n) is 15.5. The van der Waals surface area contributed by atoms with Crippen molar-refractivity contribution in [2.24, 2.45) is 0 Å². The number of aromatic nitrogens is 2. The van der Waals surface area contributed by atoms with Gasteiger partial charge in [-0.15, -0.1) is 0 Å². The van der Waals surface area contributed by atoms with Gasteiger partial charge in [-0.1, -0.05) is 0 Å². The molecule has 1 saturated heterocycles. The van der Waals surface area contributed by atoms with E-state index in [2.05, 4.69) is 5.10 Å². The Morgan fingerprint density at radius 1 is 1.32 bits per heavy atom. The number of anilines is 1. The molecule has 0 N–H and O–H groups in total. The Labute approximate surface area is 147 Å². The Bertz CT molecular complexity index is 679. The molecule has 25 heavy (non-hydrogen) atoms. The van der Waals surface area contributed by atoms with Crippen LogP contribution in [0.4, 0.5) is 10.5 Å². The molecule has 1 aromatic heterocycles. The molecule has 8 heteroatoms. The fraction of sp³-hybridized carbons (Fsp3) is 0.706. The lowest BCUT2D eigenvalue weighted by atomic mass is 10.2. The third-order valence-corrected chi connectivity index (χ3v) is 4.56. The summed E-state index contributed by atoms with van der Waals surface area (Å²) in [4.78, 5) is 28.2. The maximum absolute atomic E-state index is 12.5. The monoisotopic (exact) mass is 350 g/mol. The van der Waals surface area contributed by atoms with Crippen LogP contribution in [-0.2, 0) is 27.4 Å². The third-order valence-electron chi connectivity index (χ3n) is 4.56. The van der Waals surface area contributed by atoms with E-state index in [4.69, 9.17) is 9.47 Å². The van der Waals surface area contributed by atoms with Gasteiger partial charge >= 0.3 is 6.09 Å². The summed E-state index contributed by atoms with van der Waals surface area (Å²) < 4.78 is 12.7. The summed E-state index contributed by atoms with van der Waals surface area (Å²) in [5.74, 6) is 0.0186. The van der Waals surface area contributed by atoms with Gasteiger partial charge in [-0.25, -0.2) is 4.79 Å². The lowest BCUT2D eigenvalue weighted by Gasteiger charge is -2.36. The molecule has 2 aliphatic rings. The van der Waals surface area contributed by atoms with Gasteiger partial charge in [0.05, 0.1) is 55.8 Å². The summed E-state index contributed by atoms with van der Waals surface area (Å²) in [6.07, 6.45) is 1.62. The summed E-state index contributed by atoms with van der Waals surface area (Å²) in [6.45, 7) is 8.97. The molecule has 3 rings (SSSR count). The van der Waals surface area contributed by atoms with Crippen molar-refractivity contribution in [3.63, 3.8) is 0 Å². The molecule has 8 nitrogen and oxygen atoms in total. The van der Waals surface area contributed by atoms with Crippen LogP contribution in [0.15, 0.2) is 6.20 Å². The first-order valence-corrected chi connectivity index (χ1v) is 8.57. The maximum atomic E-state index is 12.5. The van der Waals surface area contributed by atoms with Crippen LogP contribution >= 0.6 is 0 Å². The highest BCUT2D eigenvalue weighted by Crippen LogP contribution is 2.31. The first-order chi connectivity index (χ1) is 11.7. The van der Waals surface area contributed by atoms with E-state index in [1.165, 1.54) is 0 Å². The number of nitrogens with zero attached hydrogens (tertiary/aromatic N) is 4. The molecule has 2 amide bonds. The predicted molar refractivity (Wildman–Crippen MR) is 91.2 cm³/mol. The summed E-state index contributed by atoms with van der Waals surface area (Å²) in [6, 6.07) is -0.0314. The fourth-order valence-electron chi connectivity index (χ4n) is 3.24. The second-order valence-electron chi connectivity index (χ2n) is 7.68. The molecule has 0 aromatic carbocycles.